The number of hydrogen-bond acceptors (Lipinski definition) is 3. The van der Waals surface area contributed by atoms with Gasteiger partial charge >= 0.3 is 5.97 Å². The van der Waals surface area contributed by atoms with Crippen molar-refractivity contribution in [2.75, 3.05) is 0 Å². The normalized spacial score (nSPS) is 11.4. The van der Waals surface area contributed by atoms with E-state index in [2.05, 4.69) is 50.0 Å². The number of rotatable bonds is 4. The van der Waals surface area contributed by atoms with Crippen LogP contribution < -0.4 is 0 Å². The van der Waals surface area contributed by atoms with Crippen molar-refractivity contribution < 1.29 is 9.90 Å². The fourth-order valence-corrected chi connectivity index (χ4v) is 2.69. The van der Waals surface area contributed by atoms with E-state index >= 15 is 0 Å². The van der Waals surface area contributed by atoms with Gasteiger partial charge < -0.3 is 5.11 Å². The third-order valence-electron chi connectivity index (χ3n) is 3.13. The average molecular weight is 301 g/mol. The first-order valence-corrected chi connectivity index (χ1v) is 7.77. The maximum Gasteiger partial charge on any atom is 0.354 e. The molecule has 1 aromatic heterocycles. The van der Waals surface area contributed by atoms with Crippen molar-refractivity contribution in [2.24, 2.45) is 0 Å². The highest BCUT2D eigenvalue weighted by Gasteiger charge is 2.13. The Hall–Kier alpha value is -1.81. The van der Waals surface area contributed by atoms with E-state index in [1.807, 2.05) is 6.07 Å². The van der Waals surface area contributed by atoms with Crippen LogP contribution >= 0.6 is 11.8 Å². The van der Waals surface area contributed by atoms with Gasteiger partial charge in [0.05, 0.1) is 5.69 Å². The fraction of sp³-hybridized carbons (Fsp3) is 0.294. The monoisotopic (exact) mass is 301 g/mol. The van der Waals surface area contributed by atoms with Crippen LogP contribution in [0.1, 0.15) is 42.5 Å². The van der Waals surface area contributed by atoms with Gasteiger partial charge in [0.2, 0.25) is 0 Å². The quantitative estimate of drug-likeness (QED) is 0.852. The molecule has 2 rings (SSSR count). The molecule has 0 radical (unpaired) electrons. The third kappa shape index (κ3) is 4.33. The van der Waals surface area contributed by atoms with Gasteiger partial charge in [-0.2, -0.15) is 0 Å². The maximum absolute atomic E-state index is 10.9. The van der Waals surface area contributed by atoms with Crippen molar-refractivity contribution in [3.8, 4) is 0 Å². The molecule has 2 aromatic rings. The lowest BCUT2D eigenvalue weighted by Gasteiger charge is -2.19. The number of carboxylic acids is 1. The van der Waals surface area contributed by atoms with Gasteiger partial charge in [0.15, 0.2) is 0 Å². The molecule has 0 bridgehead atoms. The third-order valence-corrected chi connectivity index (χ3v) is 4.18. The summed E-state index contributed by atoms with van der Waals surface area (Å²) in [5, 5.41) is 8.93. The van der Waals surface area contributed by atoms with E-state index in [0.717, 1.165) is 10.6 Å². The van der Waals surface area contributed by atoms with Crippen LogP contribution in [0.25, 0.3) is 0 Å². The van der Waals surface area contributed by atoms with Crippen LogP contribution in [0.3, 0.4) is 0 Å². The van der Waals surface area contributed by atoms with E-state index in [4.69, 9.17) is 5.11 Å². The number of benzene rings is 1. The highest BCUT2D eigenvalue weighted by Crippen LogP contribution is 2.27. The smallest absolute Gasteiger partial charge is 0.354 e. The Morgan fingerprint density at radius 3 is 2.38 bits per heavy atom. The Labute approximate surface area is 129 Å². The number of nitrogens with zero attached hydrogens (tertiary/aromatic N) is 1. The first-order chi connectivity index (χ1) is 9.86. The number of aromatic carboxylic acids is 1. The first kappa shape index (κ1) is 15.6. The Morgan fingerprint density at radius 1 is 1.14 bits per heavy atom. The molecule has 0 saturated heterocycles. The van der Waals surface area contributed by atoms with Crippen molar-refractivity contribution in [2.45, 2.75) is 36.8 Å². The number of carbonyl (C=O) groups is 1. The molecule has 0 aliphatic rings. The summed E-state index contributed by atoms with van der Waals surface area (Å²) in [4.78, 5) is 16.2. The van der Waals surface area contributed by atoms with Crippen LogP contribution in [0.15, 0.2) is 47.4 Å². The van der Waals surface area contributed by atoms with Gasteiger partial charge in [0.25, 0.3) is 0 Å². The predicted molar refractivity (Wildman–Crippen MR) is 85.9 cm³/mol. The summed E-state index contributed by atoms with van der Waals surface area (Å²) >= 11 is 1.66. The van der Waals surface area contributed by atoms with Crippen LogP contribution in [0, 0.1) is 0 Å². The van der Waals surface area contributed by atoms with Gasteiger partial charge in [-0.25, -0.2) is 9.78 Å². The molecule has 3 nitrogen and oxygen atoms in total. The lowest BCUT2D eigenvalue weighted by atomic mass is 9.87. The number of hydrogen-bond donors (Lipinski definition) is 1. The summed E-state index contributed by atoms with van der Waals surface area (Å²) in [6.45, 7) is 6.57. The van der Waals surface area contributed by atoms with E-state index < -0.39 is 5.97 Å². The zero-order valence-electron chi connectivity index (χ0n) is 12.5. The minimum atomic E-state index is -0.989. The van der Waals surface area contributed by atoms with Crippen LogP contribution in [0.2, 0.25) is 0 Å². The summed E-state index contributed by atoms with van der Waals surface area (Å²) < 4.78 is 0. The SMILES string of the molecule is CC(C)(C)c1ccc(SCc2cccc(C(=O)O)n2)cc1. The van der Waals surface area contributed by atoms with Gasteiger partial charge in [-0.1, -0.05) is 39.0 Å². The van der Waals surface area contributed by atoms with Crippen molar-refractivity contribution in [3.05, 3.63) is 59.4 Å². The summed E-state index contributed by atoms with van der Waals surface area (Å²) in [5.41, 5.74) is 2.33. The molecule has 0 unspecified atom stereocenters. The molecule has 4 heteroatoms. The van der Waals surface area contributed by atoms with Crippen LogP contribution in [-0.2, 0) is 11.2 Å². The zero-order valence-corrected chi connectivity index (χ0v) is 13.3. The highest BCUT2D eigenvalue weighted by molar-refractivity contribution is 7.98. The average Bonchev–Trinajstić information content (AvgIpc) is 2.45. The number of thioether (sulfide) groups is 1. The molecule has 0 atom stereocenters. The van der Waals surface area contributed by atoms with E-state index in [0.29, 0.717) is 5.75 Å². The molecule has 0 fully saturated rings. The Bertz CT molecular complexity index is 630. The van der Waals surface area contributed by atoms with Gasteiger partial charge in [0.1, 0.15) is 5.69 Å². The second kappa shape index (κ2) is 6.31. The molecular weight excluding hydrogens is 282 g/mol. The summed E-state index contributed by atoms with van der Waals surface area (Å²) in [7, 11) is 0. The fourth-order valence-electron chi connectivity index (χ4n) is 1.89. The van der Waals surface area contributed by atoms with E-state index in [-0.39, 0.29) is 11.1 Å². The second-order valence-electron chi connectivity index (χ2n) is 5.88. The van der Waals surface area contributed by atoms with E-state index in [1.165, 1.54) is 11.6 Å². The summed E-state index contributed by atoms with van der Waals surface area (Å²) in [6, 6.07) is 13.6. The van der Waals surface area contributed by atoms with Gasteiger partial charge in [-0.15, -0.1) is 11.8 Å². The lowest BCUT2D eigenvalue weighted by molar-refractivity contribution is 0.0690. The van der Waals surface area contributed by atoms with Crippen molar-refractivity contribution in [3.63, 3.8) is 0 Å². The molecule has 0 aliphatic carbocycles. The molecule has 1 heterocycles. The lowest BCUT2D eigenvalue weighted by Crippen LogP contribution is -2.10. The number of carboxylic acid groups (broad SMARTS) is 1. The molecular formula is C17H19NO2S. The predicted octanol–water partition coefficient (Wildman–Crippen LogP) is 4.37. The highest BCUT2D eigenvalue weighted by atomic mass is 32.2. The van der Waals surface area contributed by atoms with E-state index in [9.17, 15) is 4.79 Å². The Kier molecular flexibility index (Phi) is 4.68. The molecule has 21 heavy (non-hydrogen) atoms. The van der Waals surface area contributed by atoms with Gasteiger partial charge in [-0.3, -0.25) is 0 Å². The van der Waals surface area contributed by atoms with Crippen LogP contribution in [0.4, 0.5) is 0 Å². The second-order valence-corrected chi connectivity index (χ2v) is 6.93. The van der Waals surface area contributed by atoms with E-state index in [1.54, 1.807) is 17.8 Å². The van der Waals surface area contributed by atoms with Gasteiger partial charge in [0, 0.05) is 10.6 Å². The molecule has 1 N–H and O–H groups in total. The molecule has 110 valence electrons. The molecule has 0 aliphatic heterocycles. The standard InChI is InChI=1S/C17H19NO2S/c1-17(2,3)12-7-9-14(10-8-12)21-11-13-5-4-6-15(18-13)16(19)20/h4-10H,11H2,1-3H3,(H,19,20). The van der Waals surface area contributed by atoms with Crippen LogP contribution in [0.5, 0.6) is 0 Å². The summed E-state index contributed by atoms with van der Waals surface area (Å²) in [5.74, 6) is -0.327. The first-order valence-electron chi connectivity index (χ1n) is 6.79. The summed E-state index contributed by atoms with van der Waals surface area (Å²) in [6.07, 6.45) is 0. The minimum absolute atomic E-state index is 0.0937. The van der Waals surface area contributed by atoms with Crippen molar-refractivity contribution in [1.82, 2.24) is 4.98 Å². The van der Waals surface area contributed by atoms with Crippen molar-refractivity contribution in [1.29, 1.82) is 0 Å². The minimum Gasteiger partial charge on any atom is -0.477 e. The van der Waals surface area contributed by atoms with Crippen LogP contribution in [-0.4, -0.2) is 16.1 Å². The molecule has 0 amide bonds. The van der Waals surface area contributed by atoms with Gasteiger partial charge in [-0.05, 0) is 35.2 Å². The Morgan fingerprint density at radius 2 is 1.81 bits per heavy atom. The largest absolute Gasteiger partial charge is 0.477 e. The number of pyridine rings is 1. The molecule has 1 aromatic carbocycles. The molecule has 0 spiro atoms. The molecule has 0 saturated carbocycles. The van der Waals surface area contributed by atoms with Crippen molar-refractivity contribution >= 4 is 17.7 Å². The maximum atomic E-state index is 10.9. The zero-order chi connectivity index (χ0) is 15.5. The Balaban J connectivity index is 2.03. The topological polar surface area (TPSA) is 50.2 Å². The number of aromatic nitrogens is 1.